The molecule has 216 valence electrons. The second kappa shape index (κ2) is 12.0. The van der Waals surface area contributed by atoms with Crippen molar-refractivity contribution in [2.45, 2.75) is 51.1 Å². The maximum absolute atomic E-state index is 14.5. The zero-order valence-electron chi connectivity index (χ0n) is 21.1. The summed E-state index contributed by atoms with van der Waals surface area (Å²) in [7, 11) is 0. The summed E-state index contributed by atoms with van der Waals surface area (Å²) in [6, 6.07) is 3.74. The second-order valence-electron chi connectivity index (χ2n) is 9.26. The van der Waals surface area contributed by atoms with E-state index in [4.69, 9.17) is 4.74 Å². The maximum Gasteiger partial charge on any atom is 0.434 e. The number of rotatable bonds is 8. The lowest BCUT2D eigenvalue weighted by molar-refractivity contribution is -0.141. The first-order valence-corrected chi connectivity index (χ1v) is 13.0. The van der Waals surface area contributed by atoms with Crippen molar-refractivity contribution in [2.24, 2.45) is 0 Å². The molecule has 3 heterocycles. The molecule has 0 spiro atoms. The Bertz CT molecular complexity index is 1340. The smallest absolute Gasteiger partial charge is 0.434 e. The van der Waals surface area contributed by atoms with Gasteiger partial charge in [0.1, 0.15) is 6.10 Å². The normalized spacial score (nSPS) is 15.3. The van der Waals surface area contributed by atoms with Gasteiger partial charge in [-0.25, -0.2) is 9.37 Å². The van der Waals surface area contributed by atoms with E-state index in [-0.39, 0.29) is 35.7 Å². The minimum absolute atomic E-state index is 0.00875. The molecular weight excluding hydrogens is 567 g/mol. The number of benzene rings is 1. The summed E-state index contributed by atoms with van der Waals surface area (Å²) in [4.78, 5) is 22.3. The Hall–Kier alpha value is -3.33. The molecule has 7 nitrogen and oxygen atoms in total. The first kappa shape index (κ1) is 29.6. The van der Waals surface area contributed by atoms with E-state index in [1.807, 2.05) is 0 Å². The van der Waals surface area contributed by atoms with E-state index in [1.165, 1.54) is 18.3 Å². The van der Waals surface area contributed by atoms with Gasteiger partial charge < -0.3 is 15.0 Å². The van der Waals surface area contributed by atoms with Crippen molar-refractivity contribution in [3.8, 4) is 5.75 Å². The Morgan fingerprint density at radius 3 is 2.55 bits per heavy atom. The number of aryl methyl sites for hydroxylation is 1. The number of nitrogens with one attached hydrogen (secondary N) is 1. The third-order valence-corrected chi connectivity index (χ3v) is 7.14. The summed E-state index contributed by atoms with van der Waals surface area (Å²) in [5, 5.41) is 2.64. The largest absolute Gasteiger partial charge is 0.487 e. The molecule has 0 atom stereocenters. The SMILES string of the molecule is Cc1nsc(Cc2cncc(C(F)(F)F)n2)c1C(=O)Nc1ccc(F)c(OC2CCN(CCC(F)(F)F)CC2)c1. The number of likely N-dealkylation sites (tertiary alicyclic amines) is 1. The van der Waals surface area contributed by atoms with Gasteiger partial charge in [-0.15, -0.1) is 0 Å². The lowest BCUT2D eigenvalue weighted by atomic mass is 10.1. The number of carbonyl (C=O) groups excluding carboxylic acids is 1. The van der Waals surface area contributed by atoms with Gasteiger partial charge in [-0.3, -0.25) is 9.78 Å². The summed E-state index contributed by atoms with van der Waals surface area (Å²) in [6.07, 6.45) is -7.70. The van der Waals surface area contributed by atoms with Gasteiger partial charge in [-0.05, 0) is 43.4 Å². The van der Waals surface area contributed by atoms with Crippen LogP contribution in [0.5, 0.6) is 5.75 Å². The third kappa shape index (κ3) is 7.87. The molecule has 0 saturated carbocycles. The summed E-state index contributed by atoms with van der Waals surface area (Å²) >= 11 is 0.946. The lowest BCUT2D eigenvalue weighted by Crippen LogP contribution is -2.39. The molecule has 40 heavy (non-hydrogen) atoms. The van der Waals surface area contributed by atoms with E-state index in [0.717, 1.165) is 17.6 Å². The van der Waals surface area contributed by atoms with Crippen LogP contribution in [0.15, 0.2) is 30.6 Å². The van der Waals surface area contributed by atoms with Crippen molar-refractivity contribution < 1.29 is 40.3 Å². The number of hydrogen-bond acceptors (Lipinski definition) is 7. The number of hydrogen-bond donors (Lipinski definition) is 1. The number of alkyl halides is 6. The monoisotopic (exact) mass is 591 g/mol. The van der Waals surface area contributed by atoms with Gasteiger partial charge in [0.25, 0.3) is 5.91 Å². The predicted octanol–water partition coefficient (Wildman–Crippen LogP) is 6.04. The van der Waals surface area contributed by atoms with Gasteiger partial charge >= 0.3 is 12.4 Å². The van der Waals surface area contributed by atoms with Crippen molar-refractivity contribution in [3.63, 3.8) is 0 Å². The van der Waals surface area contributed by atoms with Gasteiger partial charge in [0, 0.05) is 48.9 Å². The molecule has 1 N–H and O–H groups in total. The summed E-state index contributed by atoms with van der Waals surface area (Å²) in [5.41, 5.74) is -0.424. The van der Waals surface area contributed by atoms with E-state index in [9.17, 15) is 35.5 Å². The van der Waals surface area contributed by atoms with Crippen LogP contribution in [0.2, 0.25) is 0 Å². The summed E-state index contributed by atoms with van der Waals surface area (Å²) < 4.78 is 101. The summed E-state index contributed by atoms with van der Waals surface area (Å²) in [6.45, 7) is 2.23. The Labute approximate surface area is 228 Å². The van der Waals surface area contributed by atoms with Crippen LogP contribution in [0.1, 0.15) is 51.6 Å². The minimum Gasteiger partial charge on any atom is -0.487 e. The fourth-order valence-corrected chi connectivity index (χ4v) is 5.08. The lowest BCUT2D eigenvalue weighted by Gasteiger charge is -2.32. The molecule has 2 aromatic heterocycles. The van der Waals surface area contributed by atoms with Crippen molar-refractivity contribution in [2.75, 3.05) is 25.0 Å². The molecule has 1 aliphatic rings. The fourth-order valence-electron chi connectivity index (χ4n) is 4.20. The first-order valence-electron chi connectivity index (χ1n) is 12.2. The van der Waals surface area contributed by atoms with Gasteiger partial charge in [-0.1, -0.05) is 0 Å². The Morgan fingerprint density at radius 1 is 1.15 bits per heavy atom. The highest BCUT2D eigenvalue weighted by Crippen LogP contribution is 2.30. The van der Waals surface area contributed by atoms with E-state index in [2.05, 4.69) is 19.7 Å². The van der Waals surface area contributed by atoms with Gasteiger partial charge in [-0.2, -0.15) is 30.7 Å². The molecule has 1 saturated heterocycles. The fraction of sp³-hybridized carbons (Fsp3) is 0.440. The average Bonchev–Trinajstić information content (AvgIpc) is 3.24. The quantitative estimate of drug-likeness (QED) is 0.322. The van der Waals surface area contributed by atoms with Crippen molar-refractivity contribution >= 4 is 23.1 Å². The molecule has 1 aliphatic heterocycles. The Morgan fingerprint density at radius 2 is 1.88 bits per heavy atom. The number of anilines is 1. The van der Waals surface area contributed by atoms with Crippen LogP contribution in [-0.4, -0.2) is 57.1 Å². The minimum atomic E-state index is -4.67. The molecule has 1 fully saturated rings. The number of aromatic nitrogens is 3. The zero-order valence-corrected chi connectivity index (χ0v) is 21.9. The van der Waals surface area contributed by atoms with Crippen LogP contribution >= 0.6 is 11.5 Å². The highest BCUT2D eigenvalue weighted by molar-refractivity contribution is 7.06. The highest BCUT2D eigenvalue weighted by Gasteiger charge is 2.33. The summed E-state index contributed by atoms with van der Waals surface area (Å²) in [5.74, 6) is -1.39. The van der Waals surface area contributed by atoms with Gasteiger partial charge in [0.05, 0.1) is 29.6 Å². The van der Waals surface area contributed by atoms with Gasteiger partial charge in [0.2, 0.25) is 0 Å². The highest BCUT2D eigenvalue weighted by atomic mass is 32.1. The topological polar surface area (TPSA) is 80.2 Å². The van der Waals surface area contributed by atoms with Crippen molar-refractivity contribution in [3.05, 3.63) is 63.9 Å². The molecule has 0 bridgehead atoms. The Balaban J connectivity index is 1.40. The molecule has 4 rings (SSSR count). The molecule has 15 heteroatoms. The third-order valence-electron chi connectivity index (χ3n) is 6.21. The molecule has 1 amide bonds. The number of carbonyl (C=O) groups is 1. The van der Waals surface area contributed by atoms with E-state index < -0.39 is 42.3 Å². The first-order chi connectivity index (χ1) is 18.8. The van der Waals surface area contributed by atoms with Crippen LogP contribution in [-0.2, 0) is 12.6 Å². The molecule has 3 aromatic rings. The number of nitrogens with zero attached hydrogens (tertiary/aromatic N) is 4. The van der Waals surface area contributed by atoms with Crippen LogP contribution in [0, 0.1) is 12.7 Å². The van der Waals surface area contributed by atoms with E-state index >= 15 is 0 Å². The van der Waals surface area contributed by atoms with E-state index in [1.54, 1.807) is 11.8 Å². The van der Waals surface area contributed by atoms with Crippen molar-refractivity contribution in [1.82, 2.24) is 19.2 Å². The number of amides is 1. The molecule has 1 aromatic carbocycles. The number of ether oxygens (including phenoxy) is 1. The Kier molecular flexibility index (Phi) is 8.93. The average molecular weight is 592 g/mol. The number of piperidine rings is 1. The van der Waals surface area contributed by atoms with Crippen molar-refractivity contribution in [1.29, 1.82) is 0 Å². The van der Waals surface area contributed by atoms with Crippen LogP contribution in [0.25, 0.3) is 0 Å². The predicted molar refractivity (Wildman–Crippen MR) is 132 cm³/mol. The molecule has 0 aliphatic carbocycles. The van der Waals surface area contributed by atoms with Gasteiger partial charge in [0.15, 0.2) is 17.3 Å². The molecular formula is C25H24F7N5O2S. The molecule has 0 unspecified atom stereocenters. The van der Waals surface area contributed by atoms with Crippen LogP contribution < -0.4 is 10.1 Å². The maximum atomic E-state index is 14.5. The van der Waals surface area contributed by atoms with E-state index in [0.29, 0.717) is 42.7 Å². The zero-order chi connectivity index (χ0) is 29.1. The van der Waals surface area contributed by atoms with Crippen LogP contribution in [0.3, 0.4) is 0 Å². The second-order valence-corrected chi connectivity index (χ2v) is 10.1. The van der Waals surface area contributed by atoms with Crippen LogP contribution in [0.4, 0.5) is 36.4 Å². The standard InChI is InChI=1S/C25H24F7N5O2S/c1-14-22(20(40-36-14)11-16-12-33-13-21(34-16)25(30,31)32)23(38)35-15-2-3-18(26)19(10-15)39-17-4-7-37(8-5-17)9-6-24(27,28)29/h2-3,10,12-13,17H,4-9,11H2,1H3,(H,35,38). The number of halogens is 7. The molecule has 0 radical (unpaired) electrons.